The molecule has 0 radical (unpaired) electrons. The van der Waals surface area contributed by atoms with Crippen LogP contribution in [0.3, 0.4) is 0 Å². The summed E-state index contributed by atoms with van der Waals surface area (Å²) in [6, 6.07) is 14.1. The van der Waals surface area contributed by atoms with E-state index < -0.39 is 34.4 Å². The van der Waals surface area contributed by atoms with Gasteiger partial charge in [-0.2, -0.15) is 0 Å². The number of anilines is 1. The van der Waals surface area contributed by atoms with Crippen LogP contribution in [-0.4, -0.2) is 59.0 Å². The molecule has 13 heteroatoms. The number of likely N-dealkylation sites (N-methyl/N-ethyl adjacent to an activating group) is 1. The molecule has 1 atom stereocenters. The molecule has 41 heavy (non-hydrogen) atoms. The third-order valence-corrected chi connectivity index (χ3v) is 9.07. The van der Waals surface area contributed by atoms with Gasteiger partial charge in [0.15, 0.2) is 11.5 Å². The lowest BCUT2D eigenvalue weighted by Gasteiger charge is -2.33. The lowest BCUT2D eigenvalue weighted by molar-refractivity contribution is -0.140. The van der Waals surface area contributed by atoms with Gasteiger partial charge in [-0.05, 0) is 60.5 Å². The summed E-state index contributed by atoms with van der Waals surface area (Å²) in [4.78, 5) is 28.0. The maximum atomic E-state index is 14.0. The van der Waals surface area contributed by atoms with Gasteiger partial charge in [0.1, 0.15) is 12.6 Å². The summed E-state index contributed by atoms with van der Waals surface area (Å²) in [5.41, 5.74) is 0.802. The van der Waals surface area contributed by atoms with E-state index in [-0.39, 0.29) is 34.3 Å². The molecule has 3 aromatic carbocycles. The van der Waals surface area contributed by atoms with Crippen molar-refractivity contribution in [2.75, 3.05) is 32.1 Å². The number of amides is 2. The minimum atomic E-state index is -4.33. The van der Waals surface area contributed by atoms with Crippen LogP contribution in [0, 0.1) is 0 Å². The Morgan fingerprint density at radius 3 is 2.12 bits per heavy atom. The molecule has 9 nitrogen and oxygen atoms in total. The van der Waals surface area contributed by atoms with Crippen LogP contribution in [0.1, 0.15) is 18.9 Å². The molecule has 1 unspecified atom stereocenters. The lowest BCUT2D eigenvalue weighted by atomic mass is 10.1. The Kier molecular flexibility index (Phi) is 11.1. The summed E-state index contributed by atoms with van der Waals surface area (Å²) in [5, 5.41) is 3.58. The largest absolute Gasteiger partial charge is 0.493 e. The second-order valence-electron chi connectivity index (χ2n) is 8.81. The number of hydrogen-bond donors (Lipinski definition) is 1. The Morgan fingerprint density at radius 2 is 1.56 bits per heavy atom. The molecule has 0 saturated heterocycles. The quantitative estimate of drug-likeness (QED) is 0.283. The number of hydrogen-bond acceptors (Lipinski definition) is 6. The topological polar surface area (TPSA) is 105 Å². The van der Waals surface area contributed by atoms with Crippen molar-refractivity contribution in [3.63, 3.8) is 0 Å². The van der Waals surface area contributed by atoms with E-state index in [9.17, 15) is 18.0 Å². The maximum Gasteiger partial charge on any atom is 0.264 e. The zero-order valence-electron chi connectivity index (χ0n) is 22.9. The Morgan fingerprint density at radius 1 is 0.902 bits per heavy atom. The van der Waals surface area contributed by atoms with Crippen LogP contribution < -0.4 is 19.1 Å². The van der Waals surface area contributed by atoms with Crippen molar-refractivity contribution >= 4 is 62.3 Å². The van der Waals surface area contributed by atoms with Crippen LogP contribution in [0.15, 0.2) is 65.6 Å². The first-order valence-corrected chi connectivity index (χ1v) is 15.0. The maximum absolute atomic E-state index is 14.0. The number of benzene rings is 3. The molecule has 3 rings (SSSR count). The predicted molar refractivity (Wildman–Crippen MR) is 161 cm³/mol. The van der Waals surface area contributed by atoms with E-state index in [2.05, 4.69) is 5.32 Å². The van der Waals surface area contributed by atoms with Gasteiger partial charge in [-0.15, -0.1) is 0 Å². The minimum absolute atomic E-state index is 0.0213. The standard InChI is InChI=1S/C28H30Cl3N3O6S/c1-5-24(28(36)32-2)33(16-18-6-12-22(30)23(31)14-18)27(35)17-34(20-9-7-19(29)8-10-20)41(37,38)21-11-13-25(39-3)26(15-21)40-4/h6-15,24H,5,16-17H2,1-4H3,(H,32,36). The van der Waals surface area contributed by atoms with E-state index in [1.54, 1.807) is 25.1 Å². The van der Waals surface area contributed by atoms with Crippen LogP contribution >= 0.6 is 34.8 Å². The summed E-state index contributed by atoms with van der Waals surface area (Å²) in [7, 11) is -0.0394. The molecule has 0 aliphatic rings. The van der Waals surface area contributed by atoms with Gasteiger partial charge in [0.25, 0.3) is 10.0 Å². The summed E-state index contributed by atoms with van der Waals surface area (Å²) in [6.07, 6.45) is 0.274. The van der Waals surface area contributed by atoms with Crippen LogP contribution in [0.2, 0.25) is 15.1 Å². The molecule has 3 aromatic rings. The number of rotatable bonds is 12. The van der Waals surface area contributed by atoms with E-state index >= 15 is 0 Å². The fourth-order valence-electron chi connectivity index (χ4n) is 4.16. The van der Waals surface area contributed by atoms with Gasteiger partial charge in [-0.1, -0.05) is 47.8 Å². The second-order valence-corrected chi connectivity index (χ2v) is 11.9. The number of halogens is 3. The number of ether oxygens (including phenoxy) is 2. The van der Waals surface area contributed by atoms with Gasteiger partial charge in [0.05, 0.1) is 34.8 Å². The first-order valence-electron chi connectivity index (χ1n) is 12.4. The van der Waals surface area contributed by atoms with Gasteiger partial charge in [0.2, 0.25) is 11.8 Å². The third kappa shape index (κ3) is 7.56. The van der Waals surface area contributed by atoms with Gasteiger partial charge in [-0.3, -0.25) is 13.9 Å². The first kappa shape index (κ1) is 32.3. The van der Waals surface area contributed by atoms with E-state index in [1.807, 2.05) is 0 Å². The number of methoxy groups -OCH3 is 2. The van der Waals surface area contributed by atoms with E-state index in [0.29, 0.717) is 21.4 Å². The molecule has 0 aliphatic heterocycles. The Bertz CT molecular complexity index is 1500. The predicted octanol–water partition coefficient (Wildman–Crippen LogP) is 5.41. The van der Waals surface area contributed by atoms with Crippen molar-refractivity contribution in [2.45, 2.75) is 30.8 Å². The highest BCUT2D eigenvalue weighted by Gasteiger charge is 2.34. The zero-order chi connectivity index (χ0) is 30.3. The highest BCUT2D eigenvalue weighted by atomic mass is 35.5. The molecule has 0 bridgehead atoms. The van der Waals surface area contributed by atoms with Crippen molar-refractivity contribution in [3.8, 4) is 11.5 Å². The van der Waals surface area contributed by atoms with Crippen molar-refractivity contribution in [1.29, 1.82) is 0 Å². The zero-order valence-corrected chi connectivity index (χ0v) is 25.9. The number of carbonyl (C=O) groups excluding carboxylic acids is 2. The highest BCUT2D eigenvalue weighted by molar-refractivity contribution is 7.92. The van der Waals surface area contributed by atoms with E-state index in [0.717, 1.165) is 4.31 Å². The fraction of sp³-hybridized carbons (Fsp3) is 0.286. The molecule has 0 fully saturated rings. The first-order chi connectivity index (χ1) is 19.5. The van der Waals surface area contributed by atoms with Crippen molar-refractivity contribution in [3.05, 3.63) is 81.3 Å². The van der Waals surface area contributed by atoms with Crippen LogP contribution in [0.5, 0.6) is 11.5 Å². The Balaban J connectivity index is 2.10. The minimum Gasteiger partial charge on any atom is -0.493 e. The summed E-state index contributed by atoms with van der Waals surface area (Å²) in [5.74, 6) is -0.486. The van der Waals surface area contributed by atoms with Crippen molar-refractivity contribution in [1.82, 2.24) is 10.2 Å². The number of nitrogens with zero attached hydrogens (tertiary/aromatic N) is 2. The molecule has 1 N–H and O–H groups in total. The molecule has 220 valence electrons. The van der Waals surface area contributed by atoms with Crippen LogP contribution in [0.25, 0.3) is 0 Å². The molecule has 0 heterocycles. The molecule has 0 aromatic heterocycles. The Labute approximate surface area is 254 Å². The monoisotopic (exact) mass is 641 g/mol. The average Bonchev–Trinajstić information content (AvgIpc) is 2.97. The summed E-state index contributed by atoms with van der Waals surface area (Å²) >= 11 is 18.3. The average molecular weight is 643 g/mol. The molecule has 2 amide bonds. The van der Waals surface area contributed by atoms with Crippen molar-refractivity contribution in [2.24, 2.45) is 0 Å². The van der Waals surface area contributed by atoms with Crippen LogP contribution in [0.4, 0.5) is 5.69 Å². The highest BCUT2D eigenvalue weighted by Crippen LogP contribution is 2.33. The second kappa shape index (κ2) is 14.1. The number of carbonyl (C=O) groups is 2. The van der Waals surface area contributed by atoms with Crippen LogP contribution in [-0.2, 0) is 26.2 Å². The molecule has 0 saturated carbocycles. The van der Waals surface area contributed by atoms with Gasteiger partial charge < -0.3 is 19.7 Å². The van der Waals surface area contributed by atoms with Gasteiger partial charge in [-0.25, -0.2) is 8.42 Å². The Hall–Kier alpha value is -3.18. The normalized spacial score (nSPS) is 11.9. The van der Waals surface area contributed by atoms with E-state index in [1.165, 1.54) is 68.6 Å². The third-order valence-electron chi connectivity index (χ3n) is 6.31. The van der Waals surface area contributed by atoms with Gasteiger partial charge >= 0.3 is 0 Å². The fourth-order valence-corrected chi connectivity index (χ4v) is 6.04. The summed E-state index contributed by atoms with van der Waals surface area (Å²) < 4.78 is 39.6. The molecular weight excluding hydrogens is 613 g/mol. The SMILES string of the molecule is CCC(C(=O)NC)N(Cc1ccc(Cl)c(Cl)c1)C(=O)CN(c1ccc(Cl)cc1)S(=O)(=O)c1ccc(OC)c(OC)c1. The lowest BCUT2D eigenvalue weighted by Crippen LogP contribution is -2.51. The molecule has 0 aliphatic carbocycles. The number of nitrogens with one attached hydrogen (secondary N) is 1. The smallest absolute Gasteiger partial charge is 0.264 e. The number of sulfonamides is 1. The summed E-state index contributed by atoms with van der Waals surface area (Å²) in [6.45, 7) is 1.12. The van der Waals surface area contributed by atoms with Gasteiger partial charge in [0, 0.05) is 24.7 Å². The van der Waals surface area contributed by atoms with E-state index in [4.69, 9.17) is 44.3 Å². The molecule has 0 spiro atoms. The van der Waals surface area contributed by atoms with Crippen molar-refractivity contribution < 1.29 is 27.5 Å². The molecular formula is C28H30Cl3N3O6S.